The first-order valence-electron chi connectivity index (χ1n) is 9.39. The van der Waals surface area contributed by atoms with Gasteiger partial charge in [0.1, 0.15) is 6.04 Å². The third-order valence-corrected chi connectivity index (χ3v) is 5.71. The van der Waals surface area contributed by atoms with Crippen molar-refractivity contribution in [3.05, 3.63) is 11.8 Å². The fraction of sp³-hybridized carbons (Fsp3) is 0.842. The van der Waals surface area contributed by atoms with Crippen molar-refractivity contribution >= 4 is 5.91 Å². The second kappa shape index (κ2) is 7.06. The summed E-state index contributed by atoms with van der Waals surface area (Å²) in [5.74, 6) is 2.60. The van der Waals surface area contributed by atoms with E-state index in [1.165, 1.54) is 19.3 Å². The van der Waals surface area contributed by atoms with Gasteiger partial charge in [-0.05, 0) is 36.5 Å². The smallest absolute Gasteiger partial charge is 0.239 e. The predicted octanol–water partition coefficient (Wildman–Crippen LogP) is 3.38. The van der Waals surface area contributed by atoms with Gasteiger partial charge in [0.2, 0.25) is 17.7 Å². The van der Waals surface area contributed by atoms with Gasteiger partial charge in [0, 0.05) is 33.4 Å². The number of aromatic nitrogens is 2. The number of ether oxygens (including phenoxy) is 1. The van der Waals surface area contributed by atoms with Crippen LogP contribution in [-0.4, -0.2) is 40.8 Å². The largest absolute Gasteiger partial charge is 0.423 e. The molecule has 2 heterocycles. The SMILES string of the molecule is CO[C@H]1C[C@H](c2nnc(C[C@H]3C[C@H](C)CC(C)(C)C3)o2)N(C(C)=O)C1. The lowest BCUT2D eigenvalue weighted by molar-refractivity contribution is -0.130. The third kappa shape index (κ3) is 4.22. The number of carbonyl (C=O) groups excluding carboxylic acids is 1. The molecule has 1 aromatic rings. The van der Waals surface area contributed by atoms with Crippen LogP contribution in [0.3, 0.4) is 0 Å². The molecule has 6 nitrogen and oxygen atoms in total. The molecule has 1 amide bonds. The van der Waals surface area contributed by atoms with Crippen LogP contribution in [0, 0.1) is 17.3 Å². The summed E-state index contributed by atoms with van der Waals surface area (Å²) in [5.41, 5.74) is 0.383. The molecule has 0 unspecified atom stereocenters. The van der Waals surface area contributed by atoms with Crippen molar-refractivity contribution in [1.29, 1.82) is 0 Å². The van der Waals surface area contributed by atoms with Crippen molar-refractivity contribution in [2.24, 2.45) is 17.3 Å². The van der Waals surface area contributed by atoms with Crippen LogP contribution in [0.2, 0.25) is 0 Å². The second-order valence-corrected chi connectivity index (χ2v) is 8.80. The lowest BCUT2D eigenvalue weighted by atomic mass is 9.67. The van der Waals surface area contributed by atoms with E-state index in [0.29, 0.717) is 36.1 Å². The Hall–Kier alpha value is -1.43. The highest BCUT2D eigenvalue weighted by molar-refractivity contribution is 5.74. The maximum atomic E-state index is 11.9. The molecule has 0 N–H and O–H groups in total. The van der Waals surface area contributed by atoms with Gasteiger partial charge in [0.15, 0.2) is 0 Å². The van der Waals surface area contributed by atoms with Crippen molar-refractivity contribution < 1.29 is 13.9 Å². The number of amides is 1. The van der Waals surface area contributed by atoms with Crippen molar-refractivity contribution in [2.75, 3.05) is 13.7 Å². The molecular formula is C19H31N3O3. The van der Waals surface area contributed by atoms with E-state index in [-0.39, 0.29) is 18.1 Å². The fourth-order valence-corrected chi connectivity index (χ4v) is 4.98. The van der Waals surface area contributed by atoms with Gasteiger partial charge in [0.25, 0.3) is 0 Å². The molecule has 1 aliphatic carbocycles. The molecule has 3 rings (SSSR count). The van der Waals surface area contributed by atoms with Crippen LogP contribution in [0.1, 0.15) is 71.2 Å². The van der Waals surface area contributed by atoms with Gasteiger partial charge in [0.05, 0.1) is 6.10 Å². The summed E-state index contributed by atoms with van der Waals surface area (Å²) in [6, 6.07) is -0.162. The van der Waals surface area contributed by atoms with Crippen molar-refractivity contribution in [1.82, 2.24) is 15.1 Å². The van der Waals surface area contributed by atoms with Gasteiger partial charge in [-0.15, -0.1) is 10.2 Å². The van der Waals surface area contributed by atoms with Gasteiger partial charge in [-0.2, -0.15) is 0 Å². The van der Waals surface area contributed by atoms with Crippen LogP contribution in [-0.2, 0) is 16.0 Å². The Bertz CT molecular complexity index is 613. The van der Waals surface area contributed by atoms with E-state index in [4.69, 9.17) is 9.15 Å². The van der Waals surface area contributed by atoms with Gasteiger partial charge in [-0.3, -0.25) is 4.79 Å². The van der Waals surface area contributed by atoms with Gasteiger partial charge >= 0.3 is 0 Å². The molecule has 0 spiro atoms. The fourth-order valence-electron chi connectivity index (χ4n) is 4.98. The van der Waals surface area contributed by atoms with Gasteiger partial charge in [-0.1, -0.05) is 20.8 Å². The Morgan fingerprint density at radius 1 is 1.32 bits per heavy atom. The average Bonchev–Trinajstić information content (AvgIpc) is 3.10. The molecule has 4 atom stereocenters. The lowest BCUT2D eigenvalue weighted by Crippen LogP contribution is -2.29. The van der Waals surface area contributed by atoms with Crippen LogP contribution in [0.5, 0.6) is 0 Å². The van der Waals surface area contributed by atoms with Crippen LogP contribution >= 0.6 is 0 Å². The van der Waals surface area contributed by atoms with E-state index in [2.05, 4.69) is 31.0 Å². The van der Waals surface area contributed by atoms with Crippen LogP contribution in [0.15, 0.2) is 4.42 Å². The summed E-state index contributed by atoms with van der Waals surface area (Å²) in [6.07, 6.45) is 5.28. The van der Waals surface area contributed by atoms with Crippen molar-refractivity contribution in [3.8, 4) is 0 Å². The minimum atomic E-state index is -0.162. The molecular weight excluding hydrogens is 318 g/mol. The van der Waals surface area contributed by atoms with Crippen LogP contribution in [0.4, 0.5) is 0 Å². The molecule has 1 aromatic heterocycles. The molecule has 0 aromatic carbocycles. The number of likely N-dealkylation sites (tertiary alicyclic amines) is 1. The Labute approximate surface area is 150 Å². The summed E-state index contributed by atoms with van der Waals surface area (Å²) in [5, 5.41) is 8.53. The molecule has 0 radical (unpaired) electrons. The molecule has 2 fully saturated rings. The molecule has 1 saturated carbocycles. The molecule has 25 heavy (non-hydrogen) atoms. The Morgan fingerprint density at radius 3 is 2.72 bits per heavy atom. The number of carbonyl (C=O) groups is 1. The molecule has 1 saturated heterocycles. The first-order chi connectivity index (χ1) is 11.8. The Kier molecular flexibility index (Phi) is 5.19. The third-order valence-electron chi connectivity index (χ3n) is 5.71. The molecule has 6 heteroatoms. The average molecular weight is 349 g/mol. The topological polar surface area (TPSA) is 68.5 Å². The summed E-state index contributed by atoms with van der Waals surface area (Å²) < 4.78 is 11.4. The van der Waals surface area contributed by atoms with Gasteiger partial charge in [-0.25, -0.2) is 0 Å². The summed E-state index contributed by atoms with van der Waals surface area (Å²) in [6.45, 7) is 9.20. The molecule has 0 bridgehead atoms. The van der Waals surface area contributed by atoms with Crippen molar-refractivity contribution in [3.63, 3.8) is 0 Å². The van der Waals surface area contributed by atoms with E-state index in [0.717, 1.165) is 12.3 Å². The lowest BCUT2D eigenvalue weighted by Gasteiger charge is -2.38. The summed E-state index contributed by atoms with van der Waals surface area (Å²) in [7, 11) is 1.68. The number of hydrogen-bond donors (Lipinski definition) is 0. The zero-order valence-corrected chi connectivity index (χ0v) is 16.1. The standard InChI is InChI=1S/C19H31N3O3/c1-12-6-14(10-19(3,4)9-12)7-17-20-21-18(25-17)16-8-15(24-5)11-22(16)13(2)23/h12,14-16H,6-11H2,1-5H3/t12-,14+,15-,16+/m0/s1. The maximum absolute atomic E-state index is 11.9. The number of hydrogen-bond acceptors (Lipinski definition) is 5. The van der Waals surface area contributed by atoms with E-state index < -0.39 is 0 Å². The van der Waals surface area contributed by atoms with E-state index in [1.54, 1.807) is 18.9 Å². The van der Waals surface area contributed by atoms with Gasteiger partial charge < -0.3 is 14.1 Å². The van der Waals surface area contributed by atoms with Crippen molar-refractivity contribution in [2.45, 2.75) is 71.9 Å². The first-order valence-corrected chi connectivity index (χ1v) is 9.39. The molecule has 140 valence electrons. The predicted molar refractivity (Wildman–Crippen MR) is 93.8 cm³/mol. The number of rotatable bonds is 4. The van der Waals surface area contributed by atoms with E-state index >= 15 is 0 Å². The van der Waals surface area contributed by atoms with E-state index in [1.807, 2.05) is 0 Å². The van der Waals surface area contributed by atoms with Crippen LogP contribution < -0.4 is 0 Å². The van der Waals surface area contributed by atoms with E-state index in [9.17, 15) is 4.79 Å². The first kappa shape index (κ1) is 18.4. The summed E-state index contributed by atoms with van der Waals surface area (Å²) in [4.78, 5) is 13.7. The normalized spacial score (nSPS) is 32.1. The monoisotopic (exact) mass is 349 g/mol. The highest BCUT2D eigenvalue weighted by Gasteiger charge is 2.38. The number of methoxy groups -OCH3 is 1. The van der Waals surface area contributed by atoms with Crippen LogP contribution in [0.25, 0.3) is 0 Å². The quantitative estimate of drug-likeness (QED) is 0.833. The highest BCUT2D eigenvalue weighted by Crippen LogP contribution is 2.43. The zero-order chi connectivity index (χ0) is 18.2. The zero-order valence-electron chi connectivity index (χ0n) is 16.1. The number of nitrogens with zero attached hydrogens (tertiary/aromatic N) is 3. The Morgan fingerprint density at radius 2 is 2.08 bits per heavy atom. The Balaban J connectivity index is 1.69. The molecule has 2 aliphatic rings. The summed E-state index contributed by atoms with van der Waals surface area (Å²) >= 11 is 0. The second-order valence-electron chi connectivity index (χ2n) is 8.80. The molecule has 1 aliphatic heterocycles. The minimum Gasteiger partial charge on any atom is -0.423 e. The maximum Gasteiger partial charge on any atom is 0.239 e. The highest BCUT2D eigenvalue weighted by atomic mass is 16.5. The minimum absolute atomic E-state index is 0.0205.